The Kier molecular flexibility index (Phi) is 6.39. The minimum Gasteiger partial charge on any atom is -0.456 e. The van der Waals surface area contributed by atoms with Gasteiger partial charge in [-0.2, -0.15) is 0 Å². The van der Waals surface area contributed by atoms with Gasteiger partial charge in [-0.1, -0.05) is 121 Å². The van der Waals surface area contributed by atoms with Crippen LogP contribution in [-0.4, -0.2) is 0 Å². The number of hydrogen-bond donors (Lipinski definition) is 0. The van der Waals surface area contributed by atoms with Crippen LogP contribution in [0.4, 0.5) is 17.1 Å². The Hall–Kier alpha value is -6.16. The largest absolute Gasteiger partial charge is 0.456 e. The Morgan fingerprint density at radius 1 is 0.429 bits per heavy atom. The molecule has 10 aromatic rings. The second-order valence-electron chi connectivity index (χ2n) is 12.5. The average Bonchev–Trinajstić information content (AvgIpc) is 3.74. The van der Waals surface area contributed by atoms with Gasteiger partial charge in [0.25, 0.3) is 0 Å². The van der Waals surface area contributed by atoms with Crippen molar-refractivity contribution in [3.63, 3.8) is 0 Å². The summed E-state index contributed by atoms with van der Waals surface area (Å²) in [6.45, 7) is 0. The van der Waals surface area contributed by atoms with Crippen LogP contribution in [0.5, 0.6) is 0 Å². The molecule has 0 spiro atoms. The molecule has 0 radical (unpaired) electrons. The zero-order valence-corrected chi connectivity index (χ0v) is 27.3. The summed E-state index contributed by atoms with van der Waals surface area (Å²) < 4.78 is 8.79. The van der Waals surface area contributed by atoms with Crippen molar-refractivity contribution >= 4 is 81.3 Å². The SMILES string of the molecule is c1ccc(-c2ccc(N(c3ccc(-c4ccc5c(c4)oc4ccccc45)cc3)c3ccc4ccccc4c3)c3sc4ccccc4c23)cc1. The maximum absolute atomic E-state index is 6.23. The van der Waals surface area contributed by atoms with Gasteiger partial charge in [-0.3, -0.25) is 0 Å². The molecule has 3 heteroatoms. The molecule has 230 valence electrons. The number of thiophene rings is 1. The number of anilines is 3. The summed E-state index contributed by atoms with van der Waals surface area (Å²) in [5, 5.41) is 7.33. The van der Waals surface area contributed by atoms with Gasteiger partial charge in [0, 0.05) is 37.6 Å². The molecule has 8 aromatic carbocycles. The standard InChI is InChI=1S/C46H29NOS/c1-2-11-32(12-3-1)37-26-27-41(46-45(37)40-15-7-9-17-44(40)49-46)47(36-24-20-30-10-4-5-13-33(30)28-36)35-22-18-31(19-23-35)34-21-25-39-38-14-6-8-16-42(38)48-43(39)29-34/h1-29H. The number of furan rings is 1. The molecule has 2 heterocycles. The Bertz CT molecular complexity index is 2830. The fourth-order valence-corrected chi connectivity index (χ4v) is 8.53. The fraction of sp³-hybridized carbons (Fsp3) is 0. The molecule has 0 saturated heterocycles. The molecule has 0 atom stereocenters. The first-order chi connectivity index (χ1) is 24.3. The lowest BCUT2D eigenvalue weighted by atomic mass is 9.98. The van der Waals surface area contributed by atoms with Crippen LogP contribution in [0.1, 0.15) is 0 Å². The van der Waals surface area contributed by atoms with Crippen molar-refractivity contribution < 1.29 is 4.42 Å². The minimum absolute atomic E-state index is 0.909. The maximum Gasteiger partial charge on any atom is 0.136 e. The van der Waals surface area contributed by atoms with Gasteiger partial charge in [-0.25, -0.2) is 0 Å². The summed E-state index contributed by atoms with van der Waals surface area (Å²) in [6.07, 6.45) is 0. The van der Waals surface area contributed by atoms with Crippen molar-refractivity contribution in [2.45, 2.75) is 0 Å². The van der Waals surface area contributed by atoms with E-state index in [1.54, 1.807) is 0 Å². The van der Waals surface area contributed by atoms with Gasteiger partial charge in [0.2, 0.25) is 0 Å². The quantitative estimate of drug-likeness (QED) is 0.186. The summed E-state index contributed by atoms with van der Waals surface area (Å²) in [5.74, 6) is 0. The van der Waals surface area contributed by atoms with Crippen molar-refractivity contribution in [1.29, 1.82) is 0 Å². The molecular weight excluding hydrogens is 615 g/mol. The average molecular weight is 644 g/mol. The first kappa shape index (κ1) is 27.9. The third-order valence-corrected chi connectivity index (χ3v) is 10.9. The van der Waals surface area contributed by atoms with Crippen molar-refractivity contribution in [1.82, 2.24) is 0 Å². The van der Waals surface area contributed by atoms with Crippen LogP contribution >= 0.6 is 11.3 Å². The van der Waals surface area contributed by atoms with Crippen LogP contribution in [0.25, 0.3) is 75.1 Å². The Balaban J connectivity index is 1.16. The molecule has 0 bridgehead atoms. The van der Waals surface area contributed by atoms with Gasteiger partial charge in [0.15, 0.2) is 0 Å². The number of nitrogens with zero attached hydrogens (tertiary/aromatic N) is 1. The summed E-state index contributed by atoms with van der Waals surface area (Å²) in [4.78, 5) is 2.42. The van der Waals surface area contributed by atoms with Crippen LogP contribution in [0.15, 0.2) is 180 Å². The Morgan fingerprint density at radius 2 is 1.12 bits per heavy atom. The van der Waals surface area contributed by atoms with E-state index in [0.29, 0.717) is 0 Å². The van der Waals surface area contributed by atoms with Crippen LogP contribution < -0.4 is 4.90 Å². The molecule has 49 heavy (non-hydrogen) atoms. The molecule has 0 unspecified atom stereocenters. The van der Waals surface area contributed by atoms with E-state index in [9.17, 15) is 0 Å². The van der Waals surface area contributed by atoms with Crippen molar-refractivity contribution in [3.05, 3.63) is 176 Å². The van der Waals surface area contributed by atoms with Gasteiger partial charge < -0.3 is 9.32 Å². The number of hydrogen-bond acceptors (Lipinski definition) is 3. The van der Waals surface area contributed by atoms with E-state index in [1.165, 1.54) is 47.8 Å². The van der Waals surface area contributed by atoms with Gasteiger partial charge >= 0.3 is 0 Å². The van der Waals surface area contributed by atoms with Gasteiger partial charge in [0.1, 0.15) is 11.2 Å². The van der Waals surface area contributed by atoms with E-state index in [-0.39, 0.29) is 0 Å². The van der Waals surface area contributed by atoms with Crippen molar-refractivity contribution in [2.75, 3.05) is 4.90 Å². The normalized spacial score (nSPS) is 11.7. The highest BCUT2D eigenvalue weighted by atomic mass is 32.1. The third kappa shape index (κ3) is 4.62. The molecule has 0 N–H and O–H groups in total. The second kappa shape index (κ2) is 11.2. The van der Waals surface area contributed by atoms with Gasteiger partial charge in [0.05, 0.1) is 10.4 Å². The molecular formula is C46H29NOS. The van der Waals surface area contributed by atoms with E-state index in [1.807, 2.05) is 23.5 Å². The van der Waals surface area contributed by atoms with Crippen LogP contribution in [0.2, 0.25) is 0 Å². The summed E-state index contributed by atoms with van der Waals surface area (Å²) in [5.41, 5.74) is 10.00. The monoisotopic (exact) mass is 643 g/mol. The number of rotatable bonds is 5. The summed E-state index contributed by atoms with van der Waals surface area (Å²) >= 11 is 1.87. The molecule has 0 amide bonds. The van der Waals surface area contributed by atoms with E-state index in [2.05, 4.69) is 169 Å². The number of fused-ring (bicyclic) bond motifs is 7. The molecule has 2 aromatic heterocycles. The zero-order chi connectivity index (χ0) is 32.3. The lowest BCUT2D eigenvalue weighted by Crippen LogP contribution is -2.10. The van der Waals surface area contributed by atoms with Crippen molar-refractivity contribution in [2.24, 2.45) is 0 Å². The van der Waals surface area contributed by atoms with Gasteiger partial charge in [-0.15, -0.1) is 11.3 Å². The highest BCUT2D eigenvalue weighted by molar-refractivity contribution is 7.26. The zero-order valence-electron chi connectivity index (χ0n) is 26.5. The topological polar surface area (TPSA) is 16.4 Å². The minimum atomic E-state index is 0.909. The molecule has 0 aliphatic carbocycles. The Labute approximate surface area is 287 Å². The van der Waals surface area contributed by atoms with Crippen LogP contribution in [0.3, 0.4) is 0 Å². The smallest absolute Gasteiger partial charge is 0.136 e. The summed E-state index contributed by atoms with van der Waals surface area (Å²) in [6, 6.07) is 63.3. The molecule has 0 aliphatic heterocycles. The summed E-state index contributed by atoms with van der Waals surface area (Å²) in [7, 11) is 0. The Morgan fingerprint density at radius 3 is 2.00 bits per heavy atom. The first-order valence-corrected chi connectivity index (χ1v) is 17.4. The fourth-order valence-electron chi connectivity index (χ4n) is 7.30. The van der Waals surface area contributed by atoms with E-state index < -0.39 is 0 Å². The van der Waals surface area contributed by atoms with E-state index >= 15 is 0 Å². The van der Waals surface area contributed by atoms with Crippen LogP contribution in [0, 0.1) is 0 Å². The third-order valence-electron chi connectivity index (χ3n) is 9.66. The maximum atomic E-state index is 6.23. The predicted molar refractivity (Wildman–Crippen MR) is 210 cm³/mol. The van der Waals surface area contributed by atoms with E-state index in [4.69, 9.17) is 4.42 Å². The highest BCUT2D eigenvalue weighted by Gasteiger charge is 2.21. The second-order valence-corrected chi connectivity index (χ2v) is 13.6. The van der Waals surface area contributed by atoms with Crippen LogP contribution in [-0.2, 0) is 0 Å². The lowest BCUT2D eigenvalue weighted by Gasteiger charge is -2.27. The van der Waals surface area contributed by atoms with Crippen molar-refractivity contribution in [3.8, 4) is 22.3 Å². The number of para-hydroxylation sites is 1. The lowest BCUT2D eigenvalue weighted by molar-refractivity contribution is 0.669. The first-order valence-electron chi connectivity index (χ1n) is 16.6. The molecule has 10 rings (SSSR count). The molecule has 0 saturated carbocycles. The number of benzene rings is 8. The molecule has 0 fully saturated rings. The van der Waals surface area contributed by atoms with E-state index in [0.717, 1.165) is 44.4 Å². The predicted octanol–water partition coefficient (Wildman–Crippen LogP) is 13.9. The van der Waals surface area contributed by atoms with Gasteiger partial charge in [-0.05, 0) is 87.6 Å². The molecule has 0 aliphatic rings. The highest BCUT2D eigenvalue weighted by Crippen LogP contribution is 2.48. The molecule has 2 nitrogen and oxygen atoms in total.